The maximum absolute atomic E-state index is 11.7. The Morgan fingerprint density at radius 1 is 0.808 bits per heavy atom. The van der Waals surface area contributed by atoms with Gasteiger partial charge < -0.3 is 9.47 Å². The Bertz CT molecular complexity index is 513. The van der Waals surface area contributed by atoms with Crippen molar-refractivity contribution >= 4 is 34.5 Å². The Morgan fingerprint density at radius 2 is 1.38 bits per heavy atom. The third-order valence-corrected chi connectivity index (χ3v) is 4.80. The highest BCUT2D eigenvalue weighted by Crippen LogP contribution is 2.09. The Morgan fingerprint density at radius 3 is 2.04 bits per heavy atom. The van der Waals surface area contributed by atoms with E-state index in [0.29, 0.717) is 13.0 Å². The van der Waals surface area contributed by atoms with Crippen molar-refractivity contribution in [3.63, 3.8) is 0 Å². The zero-order chi connectivity index (χ0) is 19.0. The number of halogens is 1. The summed E-state index contributed by atoms with van der Waals surface area (Å²) >= 11 is 2.23. The van der Waals surface area contributed by atoms with Gasteiger partial charge in [0.1, 0.15) is 6.61 Å². The van der Waals surface area contributed by atoms with E-state index in [-0.39, 0.29) is 31.4 Å². The van der Waals surface area contributed by atoms with Crippen molar-refractivity contribution in [1.82, 2.24) is 0 Å². The summed E-state index contributed by atoms with van der Waals surface area (Å²) in [6.45, 7) is 2.98. The summed E-state index contributed by atoms with van der Waals surface area (Å²) in [7, 11) is 0. The van der Waals surface area contributed by atoms with E-state index >= 15 is 0 Å². The number of ether oxygens (including phenoxy) is 2. The van der Waals surface area contributed by atoms with Crippen molar-refractivity contribution < 1.29 is 19.1 Å². The van der Waals surface area contributed by atoms with Crippen LogP contribution in [0.5, 0.6) is 0 Å². The minimum Gasteiger partial charge on any atom is -0.466 e. The normalized spacial score (nSPS) is 10.5. The van der Waals surface area contributed by atoms with Crippen LogP contribution in [0.15, 0.2) is 24.3 Å². The van der Waals surface area contributed by atoms with Crippen LogP contribution in [0.25, 0.3) is 0 Å². The first-order chi connectivity index (χ1) is 12.6. The first-order valence-electron chi connectivity index (χ1n) is 9.67. The molecule has 0 unspecified atom stereocenters. The van der Waals surface area contributed by atoms with Crippen LogP contribution >= 0.6 is 22.6 Å². The molecule has 26 heavy (non-hydrogen) atoms. The number of rotatable bonds is 14. The van der Waals surface area contributed by atoms with E-state index in [1.807, 2.05) is 24.3 Å². The summed E-state index contributed by atoms with van der Waals surface area (Å²) in [5, 5.41) is 0. The fraction of sp³-hybridized carbons (Fsp3) is 0.619. The van der Waals surface area contributed by atoms with Gasteiger partial charge in [-0.3, -0.25) is 9.59 Å². The summed E-state index contributed by atoms with van der Waals surface area (Å²) in [5.41, 5.74) is 0.966. The van der Waals surface area contributed by atoms with E-state index in [1.165, 1.54) is 32.1 Å². The van der Waals surface area contributed by atoms with Crippen molar-refractivity contribution in [1.29, 1.82) is 0 Å². The largest absolute Gasteiger partial charge is 0.466 e. The third kappa shape index (κ3) is 12.3. The van der Waals surface area contributed by atoms with Gasteiger partial charge in [-0.2, -0.15) is 0 Å². The highest BCUT2D eigenvalue weighted by atomic mass is 127. The average molecular weight is 474 g/mol. The molecule has 0 N–H and O–H groups in total. The van der Waals surface area contributed by atoms with Crippen molar-refractivity contribution in [2.75, 3.05) is 6.61 Å². The molecule has 5 heteroatoms. The standard InChI is InChI=1S/C21H31IO4/c1-2-3-4-5-6-7-8-16-25-20(23)10-9-11-21(24)26-17-18-12-14-19(22)15-13-18/h12-15H,2-11,16-17H2,1H3. The van der Waals surface area contributed by atoms with Crippen LogP contribution in [0.2, 0.25) is 0 Å². The topological polar surface area (TPSA) is 52.6 Å². The molecule has 0 aliphatic rings. The average Bonchev–Trinajstić information content (AvgIpc) is 2.63. The number of hydrogen-bond acceptors (Lipinski definition) is 4. The van der Waals surface area contributed by atoms with Crippen LogP contribution in [0.3, 0.4) is 0 Å². The van der Waals surface area contributed by atoms with Crippen LogP contribution < -0.4 is 0 Å². The molecule has 0 amide bonds. The molecule has 0 aromatic heterocycles. The van der Waals surface area contributed by atoms with E-state index in [0.717, 1.165) is 22.0 Å². The van der Waals surface area contributed by atoms with Gasteiger partial charge in [0.05, 0.1) is 6.61 Å². The molecule has 0 saturated heterocycles. The Balaban J connectivity index is 1.96. The van der Waals surface area contributed by atoms with Gasteiger partial charge in [0.15, 0.2) is 0 Å². The quantitative estimate of drug-likeness (QED) is 0.194. The molecule has 0 spiro atoms. The maximum atomic E-state index is 11.7. The number of benzene rings is 1. The predicted octanol–water partition coefficient (Wildman–Crippen LogP) is 5.80. The molecule has 0 heterocycles. The van der Waals surface area contributed by atoms with Crippen molar-refractivity contribution in [3.8, 4) is 0 Å². The SMILES string of the molecule is CCCCCCCCCOC(=O)CCCC(=O)OCc1ccc(I)cc1. The zero-order valence-electron chi connectivity index (χ0n) is 15.8. The van der Waals surface area contributed by atoms with Crippen LogP contribution in [-0.4, -0.2) is 18.5 Å². The molecule has 0 bridgehead atoms. The number of carbonyl (C=O) groups is 2. The van der Waals surface area contributed by atoms with Gasteiger partial charge in [0.25, 0.3) is 0 Å². The lowest BCUT2D eigenvalue weighted by Crippen LogP contribution is -2.09. The molecule has 0 saturated carbocycles. The van der Waals surface area contributed by atoms with E-state index in [2.05, 4.69) is 29.5 Å². The van der Waals surface area contributed by atoms with Crippen LogP contribution in [0.1, 0.15) is 76.7 Å². The highest BCUT2D eigenvalue weighted by molar-refractivity contribution is 14.1. The molecule has 4 nitrogen and oxygen atoms in total. The lowest BCUT2D eigenvalue weighted by Gasteiger charge is -2.06. The van der Waals surface area contributed by atoms with Crippen LogP contribution in [-0.2, 0) is 25.7 Å². The lowest BCUT2D eigenvalue weighted by atomic mass is 10.1. The summed E-state index contributed by atoms with van der Waals surface area (Å²) in [6.07, 6.45) is 9.39. The third-order valence-electron chi connectivity index (χ3n) is 4.09. The first kappa shape index (κ1) is 22.9. The van der Waals surface area contributed by atoms with Gasteiger partial charge in [-0.15, -0.1) is 0 Å². The lowest BCUT2D eigenvalue weighted by molar-refractivity contribution is -0.146. The number of esters is 2. The summed E-state index contributed by atoms with van der Waals surface area (Å²) in [5.74, 6) is -0.496. The second-order valence-electron chi connectivity index (χ2n) is 6.48. The van der Waals surface area contributed by atoms with Crippen LogP contribution in [0.4, 0.5) is 0 Å². The molecule has 0 aliphatic carbocycles. The minimum atomic E-state index is -0.275. The fourth-order valence-corrected chi connectivity index (χ4v) is 2.87. The van der Waals surface area contributed by atoms with Crippen molar-refractivity contribution in [2.45, 2.75) is 77.7 Å². The van der Waals surface area contributed by atoms with Gasteiger partial charge in [-0.05, 0) is 53.1 Å². The smallest absolute Gasteiger partial charge is 0.306 e. The van der Waals surface area contributed by atoms with Gasteiger partial charge >= 0.3 is 11.9 Å². The highest BCUT2D eigenvalue weighted by Gasteiger charge is 2.07. The van der Waals surface area contributed by atoms with Crippen molar-refractivity contribution in [2.24, 2.45) is 0 Å². The number of hydrogen-bond donors (Lipinski definition) is 0. The fourth-order valence-electron chi connectivity index (χ4n) is 2.51. The Hall–Kier alpha value is -1.11. The molecule has 1 aromatic rings. The molecular formula is C21H31IO4. The van der Waals surface area contributed by atoms with Crippen molar-refractivity contribution in [3.05, 3.63) is 33.4 Å². The van der Waals surface area contributed by atoms with Gasteiger partial charge in [0, 0.05) is 16.4 Å². The first-order valence-corrected chi connectivity index (χ1v) is 10.8. The van der Waals surface area contributed by atoms with Crippen LogP contribution in [0, 0.1) is 3.57 Å². The van der Waals surface area contributed by atoms with E-state index in [9.17, 15) is 9.59 Å². The minimum absolute atomic E-state index is 0.221. The summed E-state index contributed by atoms with van der Waals surface area (Å²) in [4.78, 5) is 23.3. The second-order valence-corrected chi connectivity index (χ2v) is 7.73. The predicted molar refractivity (Wildman–Crippen MR) is 112 cm³/mol. The summed E-state index contributed by atoms with van der Waals surface area (Å²) < 4.78 is 11.6. The Kier molecular flexibility index (Phi) is 13.2. The molecule has 0 radical (unpaired) electrons. The molecule has 0 aliphatic heterocycles. The number of unbranched alkanes of at least 4 members (excludes halogenated alkanes) is 6. The zero-order valence-corrected chi connectivity index (χ0v) is 18.0. The molecule has 146 valence electrons. The second kappa shape index (κ2) is 15.0. The molecule has 1 aromatic carbocycles. The molecule has 0 fully saturated rings. The molecular weight excluding hydrogens is 443 g/mol. The maximum Gasteiger partial charge on any atom is 0.306 e. The summed E-state index contributed by atoms with van der Waals surface area (Å²) in [6, 6.07) is 7.84. The van der Waals surface area contributed by atoms with Gasteiger partial charge in [0.2, 0.25) is 0 Å². The number of carbonyl (C=O) groups excluding carboxylic acids is 2. The monoisotopic (exact) mass is 474 g/mol. The van der Waals surface area contributed by atoms with E-state index < -0.39 is 0 Å². The van der Waals surface area contributed by atoms with Gasteiger partial charge in [-0.25, -0.2) is 0 Å². The Labute approximate surface area is 171 Å². The van der Waals surface area contributed by atoms with E-state index in [4.69, 9.17) is 9.47 Å². The van der Waals surface area contributed by atoms with E-state index in [1.54, 1.807) is 0 Å². The molecule has 0 atom stereocenters. The molecule has 1 rings (SSSR count). The van der Waals surface area contributed by atoms with Gasteiger partial charge in [-0.1, -0.05) is 57.6 Å².